The molecular formula is C18H27FN4O3. The number of halogens is 1. The van der Waals surface area contributed by atoms with Crippen LogP contribution in [0.15, 0.2) is 24.3 Å². The quantitative estimate of drug-likeness (QED) is 0.615. The van der Waals surface area contributed by atoms with Crippen LogP contribution in [0.5, 0.6) is 0 Å². The first-order valence-electron chi connectivity index (χ1n) is 8.28. The summed E-state index contributed by atoms with van der Waals surface area (Å²) < 4.78 is 18.1. The Hall–Kier alpha value is -2.69. The minimum atomic E-state index is -0.620. The van der Waals surface area contributed by atoms with E-state index in [4.69, 9.17) is 15.5 Å². The minimum absolute atomic E-state index is 0.234. The molecule has 0 saturated heterocycles. The number of nitrogens with zero attached hydrogens (tertiary/aromatic N) is 3. The van der Waals surface area contributed by atoms with Crippen molar-refractivity contribution >= 4 is 12.0 Å². The molecule has 0 radical (unpaired) electrons. The highest BCUT2D eigenvalue weighted by Crippen LogP contribution is 2.11. The largest absolute Gasteiger partial charge is 0.444 e. The van der Waals surface area contributed by atoms with E-state index >= 15 is 0 Å². The van der Waals surface area contributed by atoms with E-state index in [1.807, 2.05) is 0 Å². The molecule has 2 amide bonds. The van der Waals surface area contributed by atoms with Crippen molar-refractivity contribution < 1.29 is 18.7 Å². The second-order valence-corrected chi connectivity index (χ2v) is 6.79. The van der Waals surface area contributed by atoms with Crippen molar-refractivity contribution in [1.82, 2.24) is 10.2 Å². The van der Waals surface area contributed by atoms with E-state index in [-0.39, 0.29) is 11.7 Å². The fourth-order valence-electron chi connectivity index (χ4n) is 1.97. The maximum atomic E-state index is 12.8. The van der Waals surface area contributed by atoms with Crippen molar-refractivity contribution in [1.29, 1.82) is 10.8 Å². The van der Waals surface area contributed by atoms with Gasteiger partial charge in [-0.3, -0.25) is 9.69 Å². The van der Waals surface area contributed by atoms with Gasteiger partial charge >= 0.3 is 6.09 Å². The summed E-state index contributed by atoms with van der Waals surface area (Å²) in [4.78, 5) is 25.3. The monoisotopic (exact) mass is 366 g/mol. The number of carbonyl (C=O) groups excluding carboxylic acids is 2. The van der Waals surface area contributed by atoms with Gasteiger partial charge in [-0.05, 0) is 58.2 Å². The first kappa shape index (κ1) is 23.3. The van der Waals surface area contributed by atoms with Gasteiger partial charge in [-0.1, -0.05) is 12.1 Å². The van der Waals surface area contributed by atoms with Crippen molar-refractivity contribution in [2.75, 3.05) is 13.6 Å². The normalized spacial score (nSPS) is 11.5. The Bertz CT molecular complexity index is 597. The van der Waals surface area contributed by atoms with Crippen molar-refractivity contribution in [3.8, 4) is 0 Å². The molecule has 0 aliphatic rings. The third-order valence-corrected chi connectivity index (χ3v) is 3.50. The van der Waals surface area contributed by atoms with Gasteiger partial charge in [-0.15, -0.1) is 0 Å². The minimum Gasteiger partial charge on any atom is -0.444 e. The molecule has 0 unspecified atom stereocenters. The van der Waals surface area contributed by atoms with Crippen LogP contribution in [0.25, 0.3) is 0 Å². The molecule has 8 heteroatoms. The molecule has 0 aliphatic carbocycles. The summed E-state index contributed by atoms with van der Waals surface area (Å²) in [5.74, 6) is -0.492. The fraction of sp³-hybridized carbons (Fsp3) is 0.556. The smallest absolute Gasteiger partial charge is 0.410 e. The van der Waals surface area contributed by atoms with Gasteiger partial charge in [0.1, 0.15) is 17.5 Å². The SMILES string of the molecule is C[C@H](C(=O)NCCCc1ccc(F)cc1)N(C)C(=O)OC(C)(C)C.N#N. The van der Waals surface area contributed by atoms with Gasteiger partial charge in [0.05, 0.1) is 0 Å². The molecule has 1 N–H and O–H groups in total. The number of aryl methyl sites for hydroxylation is 1. The van der Waals surface area contributed by atoms with Gasteiger partial charge in [0.15, 0.2) is 0 Å². The average molecular weight is 366 g/mol. The van der Waals surface area contributed by atoms with E-state index in [1.165, 1.54) is 24.1 Å². The lowest BCUT2D eigenvalue weighted by Crippen LogP contribution is -2.47. The predicted molar refractivity (Wildman–Crippen MR) is 94.6 cm³/mol. The second kappa shape index (κ2) is 11.0. The van der Waals surface area contributed by atoms with Crippen molar-refractivity contribution in [2.24, 2.45) is 0 Å². The average Bonchev–Trinajstić information content (AvgIpc) is 2.59. The molecule has 0 spiro atoms. The Morgan fingerprint density at radius 3 is 2.27 bits per heavy atom. The van der Waals surface area contributed by atoms with Crippen molar-refractivity contribution in [3.05, 3.63) is 35.6 Å². The van der Waals surface area contributed by atoms with E-state index in [0.29, 0.717) is 6.54 Å². The third-order valence-electron chi connectivity index (χ3n) is 3.50. The van der Waals surface area contributed by atoms with Crippen LogP contribution in [-0.4, -0.2) is 42.1 Å². The second-order valence-electron chi connectivity index (χ2n) is 6.79. The standard InChI is InChI=1S/C18H27FN2O3.N2/c1-13(21(5)17(23)24-18(2,3)4)16(22)20-12-6-7-14-8-10-15(19)11-9-14;1-2/h8-11,13H,6-7,12H2,1-5H3,(H,20,22);/t13-;/m1./s1. The highest BCUT2D eigenvalue weighted by molar-refractivity contribution is 5.85. The van der Waals surface area contributed by atoms with Crippen LogP contribution >= 0.6 is 0 Å². The molecule has 1 atom stereocenters. The molecule has 1 aromatic carbocycles. The molecule has 0 aliphatic heterocycles. The summed E-state index contributed by atoms with van der Waals surface area (Å²) in [7, 11) is 1.54. The molecular weight excluding hydrogens is 339 g/mol. The van der Waals surface area contributed by atoms with E-state index < -0.39 is 17.7 Å². The lowest BCUT2D eigenvalue weighted by Gasteiger charge is -2.28. The third kappa shape index (κ3) is 8.97. The first-order valence-corrected chi connectivity index (χ1v) is 8.28. The molecule has 144 valence electrons. The van der Waals surface area contributed by atoms with Crippen LogP contribution in [0.3, 0.4) is 0 Å². The Morgan fingerprint density at radius 2 is 1.77 bits per heavy atom. The molecule has 26 heavy (non-hydrogen) atoms. The van der Waals surface area contributed by atoms with E-state index in [0.717, 1.165) is 18.4 Å². The van der Waals surface area contributed by atoms with Gasteiger partial charge < -0.3 is 10.1 Å². The molecule has 7 nitrogen and oxygen atoms in total. The molecule has 0 heterocycles. The lowest BCUT2D eigenvalue weighted by molar-refractivity contribution is -0.125. The highest BCUT2D eigenvalue weighted by Gasteiger charge is 2.26. The molecule has 0 saturated carbocycles. The summed E-state index contributed by atoms with van der Waals surface area (Å²) >= 11 is 0. The fourth-order valence-corrected chi connectivity index (χ4v) is 1.97. The predicted octanol–water partition coefficient (Wildman–Crippen LogP) is 3.16. The number of amides is 2. The van der Waals surface area contributed by atoms with Crippen LogP contribution < -0.4 is 5.32 Å². The maximum Gasteiger partial charge on any atom is 0.410 e. The van der Waals surface area contributed by atoms with Gasteiger partial charge in [-0.2, -0.15) is 0 Å². The number of nitrogens with one attached hydrogen (secondary N) is 1. The summed E-state index contributed by atoms with van der Waals surface area (Å²) in [6.07, 6.45) is 0.952. The zero-order chi connectivity index (χ0) is 20.3. The molecule has 1 aromatic rings. The van der Waals surface area contributed by atoms with Crippen LogP contribution in [0.4, 0.5) is 9.18 Å². The molecule has 0 bridgehead atoms. The Balaban J connectivity index is 0.00000301. The zero-order valence-corrected chi connectivity index (χ0v) is 16.0. The number of hydrogen-bond donors (Lipinski definition) is 1. The van der Waals surface area contributed by atoms with Gasteiger partial charge in [-0.25, -0.2) is 9.18 Å². The topological polar surface area (TPSA) is 106 Å². The number of benzene rings is 1. The number of carbonyl (C=O) groups is 2. The molecule has 0 aromatic heterocycles. The first-order chi connectivity index (χ1) is 12.1. The van der Waals surface area contributed by atoms with Crippen LogP contribution in [0, 0.1) is 16.6 Å². The number of likely N-dealkylation sites (N-methyl/N-ethyl adjacent to an activating group) is 1. The van der Waals surface area contributed by atoms with Gasteiger partial charge in [0.2, 0.25) is 5.91 Å². The molecule has 1 rings (SSSR count). The maximum absolute atomic E-state index is 12.8. The van der Waals surface area contributed by atoms with E-state index in [9.17, 15) is 14.0 Å². The van der Waals surface area contributed by atoms with Crippen molar-refractivity contribution in [2.45, 2.75) is 52.2 Å². The number of ether oxygens (including phenoxy) is 1. The highest BCUT2D eigenvalue weighted by atomic mass is 19.1. The summed E-state index contributed by atoms with van der Waals surface area (Å²) in [6, 6.07) is 5.69. The van der Waals surface area contributed by atoms with Crippen LogP contribution in [-0.2, 0) is 16.0 Å². The van der Waals surface area contributed by atoms with E-state index in [2.05, 4.69) is 5.32 Å². The van der Waals surface area contributed by atoms with E-state index in [1.54, 1.807) is 39.8 Å². The lowest BCUT2D eigenvalue weighted by atomic mass is 10.1. The van der Waals surface area contributed by atoms with Crippen LogP contribution in [0.1, 0.15) is 39.7 Å². The van der Waals surface area contributed by atoms with Gasteiger partial charge in [0.25, 0.3) is 0 Å². The Labute approximate surface area is 153 Å². The Morgan fingerprint density at radius 1 is 1.23 bits per heavy atom. The Kier molecular flexibility index (Phi) is 9.89. The zero-order valence-electron chi connectivity index (χ0n) is 16.0. The van der Waals surface area contributed by atoms with Gasteiger partial charge in [0, 0.05) is 24.4 Å². The number of rotatable bonds is 6. The van der Waals surface area contributed by atoms with Crippen molar-refractivity contribution in [3.63, 3.8) is 0 Å². The summed E-state index contributed by atoms with van der Waals surface area (Å²) in [5.41, 5.74) is 0.418. The number of hydrogen-bond acceptors (Lipinski definition) is 5. The summed E-state index contributed by atoms with van der Waals surface area (Å²) in [5, 5.41) is 14.8. The summed E-state index contributed by atoms with van der Waals surface area (Å²) in [6.45, 7) is 7.47. The van der Waals surface area contributed by atoms with Crippen LogP contribution in [0.2, 0.25) is 0 Å². The molecule has 0 fully saturated rings.